The highest BCUT2D eigenvalue weighted by Gasteiger charge is 2.66. The molecule has 0 fully saturated rings. The molecule has 0 bridgehead atoms. The van der Waals surface area contributed by atoms with Crippen LogP contribution in [0.1, 0.15) is 61.8 Å². The van der Waals surface area contributed by atoms with Crippen molar-refractivity contribution in [3.05, 3.63) is 154 Å². The number of nitrogens with one attached hydrogen (secondary N) is 1. The van der Waals surface area contributed by atoms with Crippen molar-refractivity contribution in [2.45, 2.75) is 50.4 Å². The average Bonchev–Trinajstić information content (AvgIpc) is 4.26. The number of rotatable bonds is 9. The highest BCUT2D eigenvalue weighted by molar-refractivity contribution is 5.94. The number of nitrogens with zero attached hydrogens (tertiary/aromatic N) is 12. The van der Waals surface area contributed by atoms with Crippen LogP contribution in [0.2, 0.25) is 0 Å². The molecule has 6 N–H and O–H groups in total. The summed E-state index contributed by atoms with van der Waals surface area (Å²) in [6.45, 7) is 0.690. The number of hydrogen-bond acceptors (Lipinski definition) is 13. The smallest absolute Gasteiger partial charge is 0.478 e. The Morgan fingerprint density at radius 1 is 0.603 bits per heavy atom. The normalized spacial score (nSPS) is 12.9. The second-order valence-electron chi connectivity index (χ2n) is 14.1. The van der Waals surface area contributed by atoms with Gasteiger partial charge in [-0.15, -0.1) is 30.7 Å². The predicted molar refractivity (Wildman–Crippen MR) is 231 cm³/mol. The van der Waals surface area contributed by atoms with Crippen molar-refractivity contribution >= 4 is 17.8 Å². The van der Waals surface area contributed by atoms with E-state index in [9.17, 15) is 49.1 Å². The summed E-state index contributed by atoms with van der Waals surface area (Å²) in [5, 5.41) is 63.4. The summed E-state index contributed by atoms with van der Waals surface area (Å²) < 4.78 is 112. The number of quaternary nitrogens is 1. The fraction of sp³-hybridized carbons (Fsp3) is 0.178. The number of aromatic nitrogens is 6. The highest BCUT2D eigenvalue weighted by atomic mass is 19.4. The van der Waals surface area contributed by atoms with Crippen LogP contribution in [0.15, 0.2) is 130 Å². The molecule has 0 spiro atoms. The van der Waals surface area contributed by atoms with Gasteiger partial charge in [0, 0.05) is 39.7 Å². The first-order valence-electron chi connectivity index (χ1n) is 19.6. The Morgan fingerprint density at radius 3 is 1.29 bits per heavy atom. The van der Waals surface area contributed by atoms with Crippen LogP contribution in [-0.4, -0.2) is 76.6 Å². The molecule has 8 rings (SSSR count). The van der Waals surface area contributed by atoms with E-state index in [4.69, 9.17) is 25.5 Å². The molecule has 4 heterocycles. The van der Waals surface area contributed by atoms with Gasteiger partial charge >= 0.3 is 41.8 Å². The summed E-state index contributed by atoms with van der Waals surface area (Å²) in [5.74, 6) is 5.63. The van der Waals surface area contributed by atoms with Gasteiger partial charge in [0.2, 0.25) is 0 Å². The molecule has 73 heavy (non-hydrogen) atoms. The van der Waals surface area contributed by atoms with E-state index in [-0.39, 0.29) is 36.2 Å². The molecule has 0 aliphatic carbocycles. The maximum Gasteiger partial charge on any atom is 0.490 e. The molecular weight excluding hydrogens is 988 g/mol. The number of aliphatic carboxylic acids is 1. The standard InChI is InChI=1S/C21H12F3N7O.C12H9N5.C9H5F3N2O2.C2HF3O2.CH4/c22-21(23,24)20(28-29-20)16-7-5-15(6-8-16)19(32)26-12-17-13-31(30-27-17)18-9-3-14(4-10-18)2-1-11-25;13-7-1-2-10-3-5-12(6-4-10)17-9-11(8-14)15-16-17;10-9(11,12)8(13-14-8)6-3-1-5(2-4-6)7(15)16;3-2(4,5)1(6)7;/h3-10,13H,12H2,(H,26,32);3-6,9H,8,14H2;1-4H,(H,15,16);(H,6,7);1H4/p+1. The number of benzene rings is 4. The molecule has 2 aliphatic rings. The Bertz CT molecular complexity index is 3190. The van der Waals surface area contributed by atoms with Crippen molar-refractivity contribution in [2.75, 3.05) is 0 Å². The number of halogens is 9. The first-order valence-corrected chi connectivity index (χ1v) is 19.6. The number of hydrogen-bond donors (Lipinski definition) is 4. The fourth-order valence-electron chi connectivity index (χ4n) is 5.50. The molecule has 374 valence electrons. The van der Waals surface area contributed by atoms with Crippen molar-refractivity contribution in [3.63, 3.8) is 0 Å². The third kappa shape index (κ3) is 14.4. The van der Waals surface area contributed by atoms with Gasteiger partial charge in [0.05, 0.1) is 35.9 Å². The first kappa shape index (κ1) is 55.8. The number of alkyl halides is 9. The Kier molecular flexibility index (Phi) is 17.7. The monoisotopic (exact) mass is 1020 g/mol. The molecule has 2 aromatic heterocycles. The number of nitriles is 2. The third-order valence-corrected chi connectivity index (χ3v) is 9.27. The summed E-state index contributed by atoms with van der Waals surface area (Å²) in [6.07, 6.45) is -10.8. The Labute approximate surface area is 405 Å². The summed E-state index contributed by atoms with van der Waals surface area (Å²) in [7, 11) is 0. The SMILES string of the molecule is C.N#CC#Cc1ccc(-n2cc(CNC(=O)c3ccc(C4(C(F)(F)F)N=N4)cc3)nn2)cc1.N#CC#Cc1ccc(-n2cc(C[NH3+])nn2)cc1.O=C(O)C(F)(F)F.O=C(O)c1ccc(C2(C(F)(F)F)N=N2)cc1. The number of amides is 1. The Morgan fingerprint density at radius 2 is 0.973 bits per heavy atom. The van der Waals surface area contributed by atoms with Gasteiger partial charge in [-0.3, -0.25) is 4.79 Å². The summed E-state index contributed by atoms with van der Waals surface area (Å²) in [5.41, 5.74) is 2.96. The summed E-state index contributed by atoms with van der Waals surface area (Å²) in [6, 6.07) is 27.2. The highest BCUT2D eigenvalue weighted by Crippen LogP contribution is 2.53. The first-order chi connectivity index (χ1) is 34.0. The molecule has 6 aromatic rings. The largest absolute Gasteiger partial charge is 0.490 e. The van der Waals surface area contributed by atoms with E-state index in [1.807, 2.05) is 30.5 Å². The zero-order valence-corrected chi connectivity index (χ0v) is 35.9. The zero-order valence-electron chi connectivity index (χ0n) is 35.9. The van der Waals surface area contributed by atoms with Crippen LogP contribution in [0.25, 0.3) is 11.4 Å². The number of aromatic carboxylic acids is 1. The van der Waals surface area contributed by atoms with Crippen LogP contribution in [0.5, 0.6) is 0 Å². The van der Waals surface area contributed by atoms with E-state index < -0.39 is 47.7 Å². The molecule has 1 amide bonds. The van der Waals surface area contributed by atoms with E-state index >= 15 is 0 Å². The van der Waals surface area contributed by atoms with Crippen molar-refractivity contribution < 1.29 is 69.8 Å². The summed E-state index contributed by atoms with van der Waals surface area (Å²) in [4.78, 5) is 31.7. The minimum atomic E-state index is -5.08. The van der Waals surface area contributed by atoms with Crippen LogP contribution in [0.4, 0.5) is 39.5 Å². The minimum absolute atomic E-state index is 0. The van der Waals surface area contributed by atoms with Crippen molar-refractivity contribution in [2.24, 2.45) is 20.5 Å². The van der Waals surface area contributed by atoms with Crippen molar-refractivity contribution in [3.8, 4) is 47.2 Å². The lowest BCUT2D eigenvalue weighted by Crippen LogP contribution is -2.47. The summed E-state index contributed by atoms with van der Waals surface area (Å²) >= 11 is 0. The molecule has 19 nitrogen and oxygen atoms in total. The van der Waals surface area contributed by atoms with Gasteiger partial charge in [0.15, 0.2) is 12.1 Å². The predicted octanol–water partition coefficient (Wildman–Crippen LogP) is 6.97. The molecule has 0 atom stereocenters. The lowest BCUT2D eigenvalue weighted by Gasteiger charge is -2.14. The van der Waals surface area contributed by atoms with Crippen molar-refractivity contribution in [1.82, 2.24) is 35.3 Å². The second kappa shape index (κ2) is 23.2. The molecule has 28 heteroatoms. The Balaban J connectivity index is 0.000000238. The topological polar surface area (TPSA) is 290 Å². The van der Waals surface area contributed by atoms with Crippen LogP contribution < -0.4 is 11.1 Å². The number of carboxylic acids is 2. The molecule has 2 aliphatic heterocycles. The molecule has 0 saturated carbocycles. The lowest BCUT2D eigenvalue weighted by atomic mass is 10.0. The van der Waals surface area contributed by atoms with Gasteiger partial charge < -0.3 is 21.3 Å². The van der Waals surface area contributed by atoms with Gasteiger partial charge in [-0.1, -0.05) is 54.0 Å². The van der Waals surface area contributed by atoms with Crippen molar-refractivity contribution in [1.29, 1.82) is 10.5 Å². The van der Waals surface area contributed by atoms with E-state index in [2.05, 4.69) is 75.8 Å². The maximum absolute atomic E-state index is 13.0. The number of carbonyl (C=O) groups excluding carboxylic acids is 1. The van der Waals surface area contributed by atoms with Crippen LogP contribution in [0, 0.1) is 46.3 Å². The maximum atomic E-state index is 13.0. The van der Waals surface area contributed by atoms with E-state index in [1.54, 1.807) is 47.3 Å². The van der Waals surface area contributed by atoms with Crippen LogP contribution >= 0.6 is 0 Å². The van der Waals surface area contributed by atoms with E-state index in [0.717, 1.165) is 41.2 Å². The molecule has 0 unspecified atom stereocenters. The average molecular weight is 1020 g/mol. The molecular formula is C45H32F9N14O5+. The van der Waals surface area contributed by atoms with Gasteiger partial charge in [-0.2, -0.15) is 50.0 Å². The van der Waals surface area contributed by atoms with Crippen LogP contribution in [-0.2, 0) is 29.2 Å². The fourth-order valence-corrected chi connectivity index (χ4v) is 5.50. The zero-order chi connectivity index (χ0) is 52.9. The Hall–Kier alpha value is -9.80. The number of carboxylic acid groups (broad SMARTS) is 2. The molecule has 0 saturated heterocycles. The lowest BCUT2D eigenvalue weighted by molar-refractivity contribution is -0.387. The van der Waals surface area contributed by atoms with Gasteiger partial charge in [0.25, 0.3) is 5.91 Å². The van der Waals surface area contributed by atoms with Crippen LogP contribution in [0.3, 0.4) is 0 Å². The van der Waals surface area contributed by atoms with E-state index in [0.29, 0.717) is 23.5 Å². The minimum Gasteiger partial charge on any atom is -0.478 e. The second-order valence-corrected chi connectivity index (χ2v) is 14.1. The third-order valence-electron chi connectivity index (χ3n) is 9.27. The molecule has 0 radical (unpaired) electrons. The number of carbonyl (C=O) groups is 3. The van der Waals surface area contributed by atoms with Gasteiger partial charge in [0.1, 0.15) is 17.9 Å². The van der Waals surface area contributed by atoms with Gasteiger partial charge in [-0.05, 0) is 72.8 Å². The van der Waals surface area contributed by atoms with Gasteiger partial charge in [-0.25, -0.2) is 19.0 Å². The van der Waals surface area contributed by atoms with E-state index in [1.165, 1.54) is 28.9 Å². The quantitative estimate of drug-likeness (QED) is 0.0847. The molecule has 4 aromatic carbocycles.